The normalized spacial score (nSPS) is 20.1. The summed E-state index contributed by atoms with van der Waals surface area (Å²) >= 11 is 0. The summed E-state index contributed by atoms with van der Waals surface area (Å²) in [4.78, 5) is 21.6. The van der Waals surface area contributed by atoms with E-state index in [4.69, 9.17) is 9.72 Å². The Hall–Kier alpha value is -2.65. The second-order valence-electron chi connectivity index (χ2n) is 7.29. The highest BCUT2D eigenvalue weighted by atomic mass is 32.2. The number of anilines is 4. The first-order chi connectivity index (χ1) is 14.0. The number of nitrogens with zero attached hydrogens (tertiary/aromatic N) is 3. The number of nitrogens with one attached hydrogen (secondary N) is 1. The molecule has 2 aliphatic heterocycles. The van der Waals surface area contributed by atoms with Gasteiger partial charge in [-0.3, -0.25) is 4.79 Å². The predicted octanol–water partition coefficient (Wildman–Crippen LogP) is 2.15. The molecule has 0 bridgehead atoms. The number of hydrogen-bond acceptors (Lipinski definition) is 7. The van der Waals surface area contributed by atoms with Gasteiger partial charge in [-0.2, -0.15) is 0 Å². The average molecular weight is 417 g/mol. The highest BCUT2D eigenvalue weighted by Crippen LogP contribution is 2.38. The first kappa shape index (κ1) is 19.7. The van der Waals surface area contributed by atoms with Crippen molar-refractivity contribution >= 4 is 39.6 Å². The maximum Gasteiger partial charge on any atom is 0.249 e. The third-order valence-corrected chi connectivity index (χ3v) is 6.22. The summed E-state index contributed by atoms with van der Waals surface area (Å²) in [5.74, 6) is 1.46. The molecule has 2 aromatic rings. The lowest BCUT2D eigenvalue weighted by molar-refractivity contribution is -0.119. The van der Waals surface area contributed by atoms with Crippen LogP contribution >= 0.6 is 0 Å². The third kappa shape index (κ3) is 3.79. The van der Waals surface area contributed by atoms with Crippen LogP contribution in [0.15, 0.2) is 41.3 Å². The minimum absolute atomic E-state index is 0.0498. The number of thiol groups is 1. The Balaban J connectivity index is 1.67. The van der Waals surface area contributed by atoms with E-state index in [1.807, 2.05) is 19.1 Å². The van der Waals surface area contributed by atoms with Crippen molar-refractivity contribution in [1.29, 1.82) is 0 Å². The van der Waals surface area contributed by atoms with Gasteiger partial charge in [0.15, 0.2) is 16.5 Å². The summed E-state index contributed by atoms with van der Waals surface area (Å²) in [5, 5.41) is 3.22. The van der Waals surface area contributed by atoms with Gasteiger partial charge < -0.3 is 19.9 Å². The molecule has 1 fully saturated rings. The van der Waals surface area contributed by atoms with E-state index in [0.29, 0.717) is 19.0 Å². The van der Waals surface area contributed by atoms with Crippen molar-refractivity contribution in [1.82, 2.24) is 4.98 Å². The average Bonchev–Trinajstić information content (AvgIpc) is 2.73. The molecule has 1 amide bonds. The molecule has 29 heavy (non-hydrogen) atoms. The van der Waals surface area contributed by atoms with Crippen molar-refractivity contribution in [3.63, 3.8) is 0 Å². The maximum absolute atomic E-state index is 12.8. The van der Waals surface area contributed by atoms with Gasteiger partial charge in [-0.1, -0.05) is 0 Å². The fourth-order valence-electron chi connectivity index (χ4n) is 3.93. The Bertz CT molecular complexity index is 978. The van der Waals surface area contributed by atoms with E-state index >= 15 is 0 Å². The summed E-state index contributed by atoms with van der Waals surface area (Å²) in [7, 11) is -0.825. The Labute approximate surface area is 171 Å². The van der Waals surface area contributed by atoms with Crippen LogP contribution in [0.1, 0.15) is 19.8 Å². The number of fused-ring (bicyclic) bond motifs is 1. The number of carbonyl (C=O) groups excluding carboxylic acids is 1. The molecule has 1 saturated heterocycles. The first-order valence-electron chi connectivity index (χ1n) is 9.62. The lowest BCUT2D eigenvalue weighted by atomic mass is 10.0. The standard InChI is InChI=1S/C20H24N4O4S/c1-13-20(25)23(2)17-7-8-18(21-14-3-5-16(6-4-14)29(26)27)22-19(17)24(13)15-9-11-28-12-10-15/h3-8,13,15,29H,9-12H2,1-2H3,(H,21,22)/t13-/m1/s1. The number of likely N-dealkylation sites (N-methyl/N-ethyl adjacent to an activating group) is 1. The van der Waals surface area contributed by atoms with Gasteiger partial charge in [0.25, 0.3) is 0 Å². The Morgan fingerprint density at radius 2 is 1.79 bits per heavy atom. The van der Waals surface area contributed by atoms with Gasteiger partial charge in [0.2, 0.25) is 5.91 Å². The molecule has 1 aromatic carbocycles. The van der Waals surface area contributed by atoms with Gasteiger partial charge in [-0.15, -0.1) is 0 Å². The number of amides is 1. The maximum atomic E-state index is 12.8. The van der Waals surface area contributed by atoms with Crippen LogP contribution in [0.2, 0.25) is 0 Å². The number of ether oxygens (including phenoxy) is 1. The van der Waals surface area contributed by atoms with Crippen LogP contribution in [-0.4, -0.2) is 51.7 Å². The van der Waals surface area contributed by atoms with Gasteiger partial charge in [-0.05, 0) is 56.2 Å². The van der Waals surface area contributed by atoms with Crippen molar-refractivity contribution in [2.45, 2.75) is 36.7 Å². The predicted molar refractivity (Wildman–Crippen MR) is 112 cm³/mol. The molecule has 0 unspecified atom stereocenters. The van der Waals surface area contributed by atoms with Crippen LogP contribution in [0.5, 0.6) is 0 Å². The summed E-state index contributed by atoms with van der Waals surface area (Å²) in [6, 6.07) is 10.1. The third-order valence-electron chi connectivity index (χ3n) is 5.50. The fraction of sp³-hybridized carbons (Fsp3) is 0.400. The van der Waals surface area contributed by atoms with Crippen LogP contribution < -0.4 is 15.1 Å². The number of aromatic nitrogens is 1. The lowest BCUT2D eigenvalue weighted by Crippen LogP contribution is -2.56. The van der Waals surface area contributed by atoms with Gasteiger partial charge in [-0.25, -0.2) is 13.4 Å². The van der Waals surface area contributed by atoms with E-state index in [9.17, 15) is 13.2 Å². The molecule has 1 N–H and O–H groups in total. The smallest absolute Gasteiger partial charge is 0.249 e. The van der Waals surface area contributed by atoms with Gasteiger partial charge in [0.1, 0.15) is 11.9 Å². The van der Waals surface area contributed by atoms with E-state index < -0.39 is 10.7 Å². The zero-order valence-corrected chi connectivity index (χ0v) is 17.3. The van der Waals surface area contributed by atoms with Crippen molar-refractivity contribution in [2.75, 3.05) is 35.4 Å². The zero-order chi connectivity index (χ0) is 20.5. The lowest BCUT2D eigenvalue weighted by Gasteiger charge is -2.44. The number of rotatable bonds is 4. The second kappa shape index (κ2) is 8.00. The van der Waals surface area contributed by atoms with E-state index in [1.54, 1.807) is 36.2 Å². The molecule has 0 radical (unpaired) electrons. The molecule has 2 aliphatic rings. The topological polar surface area (TPSA) is 91.8 Å². The molecular formula is C20H24N4O4S. The van der Waals surface area contributed by atoms with Gasteiger partial charge in [0.05, 0.1) is 10.6 Å². The summed E-state index contributed by atoms with van der Waals surface area (Å²) < 4.78 is 27.6. The van der Waals surface area contributed by atoms with Gasteiger partial charge in [0, 0.05) is 32.0 Å². The summed E-state index contributed by atoms with van der Waals surface area (Å²) in [5.41, 5.74) is 1.52. The van der Waals surface area contributed by atoms with Crippen molar-refractivity contribution in [2.24, 2.45) is 0 Å². The van der Waals surface area contributed by atoms with E-state index in [2.05, 4.69) is 10.2 Å². The van der Waals surface area contributed by atoms with E-state index in [1.165, 1.54) is 0 Å². The molecule has 1 aromatic heterocycles. The second-order valence-corrected chi connectivity index (χ2v) is 8.32. The SMILES string of the molecule is C[C@@H]1C(=O)N(C)c2ccc(Nc3ccc([SH](=O)=O)cc3)nc2N1C1CCOCC1. The molecule has 0 saturated carbocycles. The molecule has 9 heteroatoms. The number of benzene rings is 1. The Kier molecular flexibility index (Phi) is 5.42. The fourth-order valence-corrected chi connectivity index (χ4v) is 4.32. The first-order valence-corrected chi connectivity index (χ1v) is 10.8. The highest BCUT2D eigenvalue weighted by Gasteiger charge is 2.39. The molecule has 0 aliphatic carbocycles. The largest absolute Gasteiger partial charge is 0.381 e. The van der Waals surface area contributed by atoms with Crippen molar-refractivity contribution < 1.29 is 17.9 Å². The van der Waals surface area contributed by atoms with Crippen LogP contribution in [0, 0.1) is 0 Å². The Morgan fingerprint density at radius 1 is 1.10 bits per heavy atom. The quantitative estimate of drug-likeness (QED) is 0.738. The molecule has 8 nitrogen and oxygen atoms in total. The summed E-state index contributed by atoms with van der Waals surface area (Å²) in [6.07, 6.45) is 1.71. The van der Waals surface area contributed by atoms with Crippen LogP contribution in [0.4, 0.5) is 23.0 Å². The van der Waals surface area contributed by atoms with Crippen molar-refractivity contribution in [3.05, 3.63) is 36.4 Å². The zero-order valence-electron chi connectivity index (χ0n) is 16.4. The van der Waals surface area contributed by atoms with Crippen LogP contribution in [0.25, 0.3) is 0 Å². The summed E-state index contributed by atoms with van der Waals surface area (Å²) in [6.45, 7) is 3.28. The molecule has 3 heterocycles. The number of pyridine rings is 1. The minimum Gasteiger partial charge on any atom is -0.381 e. The number of hydrogen-bond donors (Lipinski definition) is 2. The molecule has 1 atom stereocenters. The van der Waals surface area contributed by atoms with Crippen molar-refractivity contribution in [3.8, 4) is 0 Å². The molecule has 4 rings (SSSR count). The van der Waals surface area contributed by atoms with E-state index in [0.717, 1.165) is 30.0 Å². The molecule has 0 spiro atoms. The minimum atomic E-state index is -2.60. The Morgan fingerprint density at radius 3 is 2.45 bits per heavy atom. The molecule has 154 valence electrons. The van der Waals surface area contributed by atoms with Gasteiger partial charge >= 0.3 is 0 Å². The molecular weight excluding hydrogens is 392 g/mol. The van der Waals surface area contributed by atoms with Crippen LogP contribution in [0.3, 0.4) is 0 Å². The number of carbonyl (C=O) groups is 1. The monoisotopic (exact) mass is 416 g/mol. The highest BCUT2D eigenvalue weighted by molar-refractivity contribution is 7.72. The van der Waals surface area contributed by atoms with Crippen LogP contribution in [-0.2, 0) is 20.2 Å². The van der Waals surface area contributed by atoms with E-state index in [-0.39, 0.29) is 22.9 Å².